The monoisotopic (exact) mass is 462 g/mol. The molecule has 1 aromatic carbocycles. The summed E-state index contributed by atoms with van der Waals surface area (Å²) in [6.07, 6.45) is 0. The average molecular weight is 463 g/mol. The zero-order valence-electron chi connectivity index (χ0n) is 19.2. The predicted octanol–water partition coefficient (Wildman–Crippen LogP) is 2.10. The fourth-order valence-electron chi connectivity index (χ4n) is 4.55. The standard InChI is InChI=1S/C24H26N6O4/c1-14-12-30(22-20-18(28(4)24(34)27-22)9-10-19(25-3)26-20)15(2)11-29(14)21(23(32)33)17-7-5-16(13-31)6-8-17/h5-10,14-15,21,31H,11-13H2,1-2,4H3,(H,32,33)/t14-,15+,21?/m1/s1. The fourth-order valence-corrected chi connectivity index (χ4v) is 4.55. The second-order valence-corrected chi connectivity index (χ2v) is 8.61. The molecule has 0 bridgehead atoms. The molecule has 1 aliphatic heterocycles. The van der Waals surface area contributed by atoms with Crippen LogP contribution in [-0.4, -0.2) is 60.8 Å². The van der Waals surface area contributed by atoms with E-state index in [2.05, 4.69) is 14.8 Å². The molecule has 1 aliphatic rings. The first-order valence-electron chi connectivity index (χ1n) is 10.9. The van der Waals surface area contributed by atoms with Gasteiger partial charge in [-0.2, -0.15) is 4.98 Å². The third kappa shape index (κ3) is 4.11. The molecular formula is C24H26N6O4. The number of carbonyl (C=O) groups is 1. The fraction of sp³-hybridized carbons (Fsp3) is 0.375. The van der Waals surface area contributed by atoms with Gasteiger partial charge in [0.15, 0.2) is 5.82 Å². The van der Waals surface area contributed by atoms with Crippen LogP contribution in [0, 0.1) is 6.57 Å². The lowest BCUT2D eigenvalue weighted by molar-refractivity contribution is -0.145. The molecule has 0 spiro atoms. The lowest BCUT2D eigenvalue weighted by atomic mass is 9.98. The molecule has 2 aromatic heterocycles. The molecule has 0 amide bonds. The highest BCUT2D eigenvalue weighted by molar-refractivity contribution is 5.87. The summed E-state index contributed by atoms with van der Waals surface area (Å²) in [7, 11) is 1.62. The van der Waals surface area contributed by atoms with Gasteiger partial charge in [-0.1, -0.05) is 30.8 Å². The van der Waals surface area contributed by atoms with E-state index in [-0.39, 0.29) is 24.5 Å². The van der Waals surface area contributed by atoms with Gasteiger partial charge >= 0.3 is 11.7 Å². The van der Waals surface area contributed by atoms with E-state index in [4.69, 9.17) is 6.57 Å². The highest BCUT2D eigenvalue weighted by Crippen LogP contribution is 2.32. The Kier molecular flexibility index (Phi) is 6.32. The van der Waals surface area contributed by atoms with E-state index >= 15 is 0 Å². The quantitative estimate of drug-likeness (QED) is 0.554. The Labute approximate surface area is 196 Å². The van der Waals surface area contributed by atoms with Gasteiger partial charge in [0.1, 0.15) is 6.04 Å². The highest BCUT2D eigenvalue weighted by Gasteiger charge is 2.39. The Morgan fingerprint density at radius 3 is 2.47 bits per heavy atom. The van der Waals surface area contributed by atoms with Crippen LogP contribution >= 0.6 is 0 Å². The Balaban J connectivity index is 1.71. The first-order chi connectivity index (χ1) is 16.2. The number of carboxylic acids is 1. The lowest BCUT2D eigenvalue weighted by Gasteiger charge is -2.46. The van der Waals surface area contributed by atoms with Crippen LogP contribution in [0.25, 0.3) is 15.9 Å². The number of benzene rings is 1. The Morgan fingerprint density at radius 2 is 1.85 bits per heavy atom. The number of hydrogen-bond donors (Lipinski definition) is 2. The van der Waals surface area contributed by atoms with Gasteiger partial charge in [-0.15, -0.1) is 4.98 Å². The molecule has 1 fully saturated rings. The lowest BCUT2D eigenvalue weighted by Crippen LogP contribution is -2.58. The SMILES string of the molecule is [C-]#[N+]c1ccc2c(n1)c(N1C[C@@H](C)N(C(C(=O)O)c3ccc(CO)cc3)C[C@@H]1C)nc(=O)n2C. The second kappa shape index (κ2) is 9.21. The minimum absolute atomic E-state index is 0.106. The average Bonchev–Trinajstić information content (AvgIpc) is 2.83. The van der Waals surface area contributed by atoms with Gasteiger partial charge in [0.05, 0.1) is 12.1 Å². The number of aliphatic hydroxyl groups is 1. The first kappa shape index (κ1) is 23.4. The molecular weight excluding hydrogens is 436 g/mol. The van der Waals surface area contributed by atoms with Gasteiger partial charge in [-0.25, -0.2) is 4.79 Å². The molecule has 10 heteroatoms. The van der Waals surface area contributed by atoms with Gasteiger partial charge in [0, 0.05) is 32.2 Å². The largest absolute Gasteiger partial charge is 0.480 e. The van der Waals surface area contributed by atoms with Gasteiger partial charge in [-0.05, 0) is 37.1 Å². The Morgan fingerprint density at radius 1 is 1.15 bits per heavy atom. The third-order valence-corrected chi connectivity index (χ3v) is 6.39. The number of anilines is 1. The molecule has 10 nitrogen and oxygen atoms in total. The van der Waals surface area contributed by atoms with Crippen molar-refractivity contribution >= 4 is 28.6 Å². The summed E-state index contributed by atoms with van der Waals surface area (Å²) < 4.78 is 1.40. The van der Waals surface area contributed by atoms with Crippen LogP contribution < -0.4 is 10.6 Å². The van der Waals surface area contributed by atoms with Crippen molar-refractivity contribution in [1.29, 1.82) is 0 Å². The molecule has 1 saturated heterocycles. The first-order valence-corrected chi connectivity index (χ1v) is 10.9. The summed E-state index contributed by atoms with van der Waals surface area (Å²) in [4.78, 5) is 40.9. The van der Waals surface area contributed by atoms with Crippen LogP contribution in [0.15, 0.2) is 41.2 Å². The molecule has 0 saturated carbocycles. The maximum absolute atomic E-state index is 12.6. The summed E-state index contributed by atoms with van der Waals surface area (Å²) in [5.41, 5.74) is 1.98. The number of pyridine rings is 1. The highest BCUT2D eigenvalue weighted by atomic mass is 16.4. The van der Waals surface area contributed by atoms with Gasteiger partial charge < -0.3 is 20.0 Å². The molecule has 3 aromatic rings. The van der Waals surface area contributed by atoms with Crippen molar-refractivity contribution in [3.63, 3.8) is 0 Å². The van der Waals surface area contributed by atoms with Crippen LogP contribution in [-0.2, 0) is 18.4 Å². The minimum atomic E-state index is -0.954. The van der Waals surface area contributed by atoms with Crippen LogP contribution in [0.3, 0.4) is 0 Å². The van der Waals surface area contributed by atoms with E-state index in [1.54, 1.807) is 43.4 Å². The Hall–Kier alpha value is -3.81. The number of hydrogen-bond acceptors (Lipinski definition) is 7. The summed E-state index contributed by atoms with van der Waals surface area (Å²) >= 11 is 0. The molecule has 4 rings (SSSR count). The van der Waals surface area contributed by atoms with Crippen LogP contribution in [0.5, 0.6) is 0 Å². The number of carboxylic acid groups (broad SMARTS) is 1. The van der Waals surface area contributed by atoms with Crippen LogP contribution in [0.1, 0.15) is 31.0 Å². The van der Waals surface area contributed by atoms with Crippen molar-refractivity contribution in [3.8, 4) is 0 Å². The molecule has 0 radical (unpaired) electrons. The Bertz CT molecular complexity index is 1330. The molecule has 176 valence electrons. The second-order valence-electron chi connectivity index (χ2n) is 8.61. The van der Waals surface area contributed by atoms with Gasteiger partial charge in [0.2, 0.25) is 5.52 Å². The minimum Gasteiger partial charge on any atom is -0.480 e. The molecule has 3 atom stereocenters. The molecule has 2 N–H and O–H groups in total. The van der Waals surface area contributed by atoms with Crippen molar-refractivity contribution in [1.82, 2.24) is 19.4 Å². The van der Waals surface area contributed by atoms with E-state index in [0.29, 0.717) is 41.1 Å². The van der Waals surface area contributed by atoms with E-state index < -0.39 is 17.7 Å². The maximum atomic E-state index is 12.6. The number of nitrogens with zero attached hydrogens (tertiary/aromatic N) is 6. The van der Waals surface area contributed by atoms with Crippen molar-refractivity contribution < 1.29 is 15.0 Å². The predicted molar refractivity (Wildman–Crippen MR) is 127 cm³/mol. The molecule has 1 unspecified atom stereocenters. The van der Waals surface area contributed by atoms with E-state index in [1.807, 2.05) is 23.6 Å². The molecule has 3 heterocycles. The normalized spacial score (nSPS) is 19.7. The number of aromatic nitrogens is 3. The van der Waals surface area contributed by atoms with Crippen molar-refractivity contribution in [2.75, 3.05) is 18.0 Å². The maximum Gasteiger partial charge on any atom is 0.350 e. The van der Waals surface area contributed by atoms with E-state index in [1.165, 1.54) is 4.57 Å². The van der Waals surface area contributed by atoms with Gasteiger partial charge in [-0.3, -0.25) is 14.3 Å². The zero-order valence-corrected chi connectivity index (χ0v) is 19.2. The zero-order chi connectivity index (χ0) is 24.6. The number of fused-ring (bicyclic) bond motifs is 1. The van der Waals surface area contributed by atoms with E-state index in [9.17, 15) is 19.8 Å². The number of rotatable bonds is 5. The summed E-state index contributed by atoms with van der Waals surface area (Å²) in [5.74, 6) is -0.336. The number of aryl methyl sites for hydroxylation is 1. The van der Waals surface area contributed by atoms with Crippen LogP contribution in [0.2, 0.25) is 0 Å². The molecule has 34 heavy (non-hydrogen) atoms. The molecule has 0 aliphatic carbocycles. The van der Waals surface area contributed by atoms with Gasteiger partial charge in [0.25, 0.3) is 5.82 Å². The number of aliphatic hydroxyl groups excluding tert-OH is 1. The summed E-state index contributed by atoms with van der Waals surface area (Å²) in [6.45, 7) is 11.9. The van der Waals surface area contributed by atoms with E-state index in [0.717, 1.165) is 0 Å². The summed E-state index contributed by atoms with van der Waals surface area (Å²) in [6, 6.07) is 8.99. The van der Waals surface area contributed by atoms with Crippen molar-refractivity contribution in [2.45, 2.75) is 38.6 Å². The summed E-state index contributed by atoms with van der Waals surface area (Å²) in [5, 5.41) is 19.4. The number of piperazine rings is 1. The van der Waals surface area contributed by atoms with Crippen LogP contribution in [0.4, 0.5) is 11.6 Å². The smallest absolute Gasteiger partial charge is 0.350 e. The van der Waals surface area contributed by atoms with Crippen molar-refractivity contribution in [3.05, 3.63) is 69.4 Å². The topological polar surface area (TPSA) is 116 Å². The van der Waals surface area contributed by atoms with Crippen molar-refractivity contribution in [2.24, 2.45) is 7.05 Å². The third-order valence-electron chi connectivity index (χ3n) is 6.39. The number of aliphatic carboxylic acids is 1.